The number of Topliss-reactive ketones (excluding diaryl/α,β-unsaturated/α-hetero) is 2. The van der Waals surface area contributed by atoms with Crippen molar-refractivity contribution in [1.82, 2.24) is 4.98 Å². The van der Waals surface area contributed by atoms with Crippen LogP contribution in [-0.4, -0.2) is 48.5 Å². The van der Waals surface area contributed by atoms with Crippen LogP contribution in [0.1, 0.15) is 37.0 Å². The number of nitrogens with two attached hydrogens (primary N) is 1. The number of pyridine rings is 1. The van der Waals surface area contributed by atoms with Gasteiger partial charge in [0.15, 0.2) is 11.4 Å². The zero-order valence-corrected chi connectivity index (χ0v) is 20.6. The number of phenolic OH excluding ortho intramolecular Hbond substituents is 1. The predicted octanol–water partition coefficient (Wildman–Crippen LogP) is 2.68. The number of aliphatic hydroxyl groups excluding tert-OH is 2. The van der Waals surface area contributed by atoms with Crippen LogP contribution in [0.25, 0.3) is 16.9 Å². The Morgan fingerprint density at radius 3 is 2.49 bits per heavy atom. The molecule has 0 spiro atoms. The first kappa shape index (κ1) is 24.7. The SMILES string of the molecule is Cc1cncc(-c2ccc(O)c3c2C[C@H]2C[C@H]4[C@H](C(C)C)C(=O)C(C(N)=O)=C(O)[C@@]4(O)C(=O)C2=C3O)c1. The van der Waals surface area contributed by atoms with E-state index in [-0.39, 0.29) is 35.6 Å². The standard InChI is InChI=1S/C28H28N2O7/c1-11(2)19-17-8-13-7-16-15(14-6-12(3)9-30-10-14)4-5-18(31)21(16)24(33)20(13)25(34)28(17,37)26(35)22(23(19)32)27(29)36/h4-6,9-11,13,17,19,31,33,35,37H,7-8H2,1-3H3,(H2,29,36)/t13-,17-,19-,28-/m0/s1. The van der Waals surface area contributed by atoms with Crippen molar-refractivity contribution in [2.75, 3.05) is 0 Å². The monoisotopic (exact) mass is 504 g/mol. The third-order valence-electron chi connectivity index (χ3n) is 8.04. The van der Waals surface area contributed by atoms with E-state index in [4.69, 9.17) is 5.73 Å². The van der Waals surface area contributed by atoms with Gasteiger partial charge in [-0.3, -0.25) is 19.4 Å². The summed E-state index contributed by atoms with van der Waals surface area (Å²) in [6.07, 6.45) is 3.69. The smallest absolute Gasteiger partial charge is 0.255 e. The van der Waals surface area contributed by atoms with Gasteiger partial charge < -0.3 is 26.2 Å². The summed E-state index contributed by atoms with van der Waals surface area (Å²) in [6, 6.07) is 5.05. The van der Waals surface area contributed by atoms with Crippen molar-refractivity contribution in [1.29, 1.82) is 0 Å². The number of aromatic hydroxyl groups is 1. The second-order valence-corrected chi connectivity index (χ2v) is 10.6. The highest BCUT2D eigenvalue weighted by Crippen LogP contribution is 2.55. The van der Waals surface area contributed by atoms with Gasteiger partial charge in [0.25, 0.3) is 5.91 Å². The van der Waals surface area contributed by atoms with E-state index in [1.165, 1.54) is 6.07 Å². The average molecular weight is 505 g/mol. The molecule has 1 amide bonds. The van der Waals surface area contributed by atoms with Crippen molar-refractivity contribution >= 4 is 23.2 Å². The fourth-order valence-electron chi connectivity index (χ4n) is 6.46. The summed E-state index contributed by atoms with van der Waals surface area (Å²) in [4.78, 5) is 43.4. The number of aliphatic hydroxyl groups is 3. The van der Waals surface area contributed by atoms with Gasteiger partial charge in [-0.25, -0.2) is 0 Å². The van der Waals surface area contributed by atoms with Crippen LogP contribution >= 0.6 is 0 Å². The Hall–Kier alpha value is -3.98. The van der Waals surface area contributed by atoms with Gasteiger partial charge in [-0.05, 0) is 60.4 Å². The Balaban J connectivity index is 1.75. The number of hydrogen-bond donors (Lipinski definition) is 5. The fraction of sp³-hybridized carbons (Fsp3) is 0.357. The van der Waals surface area contributed by atoms with Crippen LogP contribution in [0.15, 0.2) is 47.5 Å². The van der Waals surface area contributed by atoms with Crippen LogP contribution in [0, 0.1) is 30.6 Å². The number of nitrogens with zero attached hydrogens (tertiary/aromatic N) is 1. The molecule has 4 atom stereocenters. The topological polar surface area (TPSA) is 171 Å². The Morgan fingerprint density at radius 2 is 1.86 bits per heavy atom. The summed E-state index contributed by atoms with van der Waals surface area (Å²) >= 11 is 0. The van der Waals surface area contributed by atoms with Crippen molar-refractivity contribution in [2.24, 2.45) is 29.4 Å². The number of amides is 1. The van der Waals surface area contributed by atoms with Crippen LogP contribution in [0.3, 0.4) is 0 Å². The molecule has 0 saturated heterocycles. The molecule has 0 bridgehead atoms. The maximum Gasteiger partial charge on any atom is 0.255 e. The minimum atomic E-state index is -2.61. The highest BCUT2D eigenvalue weighted by molar-refractivity contribution is 6.23. The molecule has 192 valence electrons. The van der Waals surface area contributed by atoms with Crippen molar-refractivity contribution in [3.63, 3.8) is 0 Å². The molecule has 1 fully saturated rings. The summed E-state index contributed by atoms with van der Waals surface area (Å²) in [5.74, 6) is -7.78. The van der Waals surface area contributed by atoms with Gasteiger partial charge in [0.05, 0.1) is 5.56 Å². The minimum Gasteiger partial charge on any atom is -0.508 e. The predicted molar refractivity (Wildman–Crippen MR) is 133 cm³/mol. The van der Waals surface area contributed by atoms with Gasteiger partial charge >= 0.3 is 0 Å². The lowest BCUT2D eigenvalue weighted by molar-refractivity contribution is -0.155. The van der Waals surface area contributed by atoms with Crippen LogP contribution < -0.4 is 5.73 Å². The molecular weight excluding hydrogens is 476 g/mol. The maximum absolute atomic E-state index is 13.9. The first-order valence-electron chi connectivity index (χ1n) is 12.1. The second kappa shape index (κ2) is 8.27. The normalized spacial score (nSPS) is 27.2. The highest BCUT2D eigenvalue weighted by Gasteiger charge is 2.64. The van der Waals surface area contributed by atoms with Crippen molar-refractivity contribution < 1.29 is 34.8 Å². The largest absolute Gasteiger partial charge is 0.508 e. The Labute approximate surface area is 213 Å². The molecule has 9 nitrogen and oxygen atoms in total. The number of aryl methyl sites for hydroxylation is 1. The summed E-state index contributed by atoms with van der Waals surface area (Å²) < 4.78 is 0. The number of rotatable bonds is 3. The molecule has 3 aliphatic carbocycles. The number of aromatic nitrogens is 1. The molecular formula is C28H28N2O7. The van der Waals surface area contributed by atoms with Crippen LogP contribution in [0.4, 0.5) is 0 Å². The number of benzene rings is 1. The number of ketones is 2. The first-order valence-corrected chi connectivity index (χ1v) is 12.1. The van der Waals surface area contributed by atoms with Crippen LogP contribution in [0.2, 0.25) is 0 Å². The summed E-state index contributed by atoms with van der Waals surface area (Å²) in [7, 11) is 0. The number of primary amides is 1. The van der Waals surface area contributed by atoms with Gasteiger partial charge in [-0.15, -0.1) is 0 Å². The van der Waals surface area contributed by atoms with Gasteiger partial charge in [0.2, 0.25) is 5.78 Å². The summed E-state index contributed by atoms with van der Waals surface area (Å²) in [6.45, 7) is 5.36. The quantitative estimate of drug-likeness (QED) is 0.397. The van der Waals surface area contributed by atoms with E-state index in [0.29, 0.717) is 5.56 Å². The molecule has 5 rings (SSSR count). The lowest BCUT2D eigenvalue weighted by Gasteiger charge is -2.50. The van der Waals surface area contributed by atoms with Gasteiger partial charge in [-0.2, -0.15) is 0 Å². The number of phenols is 1. The molecule has 9 heteroatoms. The van der Waals surface area contributed by atoms with E-state index >= 15 is 0 Å². The molecule has 1 heterocycles. The molecule has 1 aromatic heterocycles. The molecule has 6 N–H and O–H groups in total. The Kier molecular flexibility index (Phi) is 5.52. The van der Waals surface area contributed by atoms with Gasteiger partial charge in [0, 0.05) is 35.4 Å². The van der Waals surface area contributed by atoms with Crippen molar-refractivity contribution in [3.8, 4) is 16.9 Å². The van der Waals surface area contributed by atoms with E-state index < -0.39 is 57.9 Å². The van der Waals surface area contributed by atoms with Crippen molar-refractivity contribution in [2.45, 2.75) is 39.2 Å². The van der Waals surface area contributed by atoms with Crippen LogP contribution in [-0.2, 0) is 20.8 Å². The first-order chi connectivity index (χ1) is 17.4. The van der Waals surface area contributed by atoms with E-state index in [0.717, 1.165) is 16.7 Å². The zero-order valence-electron chi connectivity index (χ0n) is 20.6. The molecule has 0 aliphatic heterocycles. The lowest BCUT2D eigenvalue weighted by atomic mass is 9.54. The molecule has 0 radical (unpaired) electrons. The third-order valence-corrected chi connectivity index (χ3v) is 8.04. The number of fused-ring (bicyclic) bond motifs is 3. The van der Waals surface area contributed by atoms with Crippen LogP contribution in [0.5, 0.6) is 5.75 Å². The molecule has 37 heavy (non-hydrogen) atoms. The number of carbonyl (C=O) groups is 3. The molecule has 3 aliphatic rings. The summed E-state index contributed by atoms with van der Waals surface area (Å²) in [5.41, 5.74) is 4.88. The van der Waals surface area contributed by atoms with Gasteiger partial charge in [-0.1, -0.05) is 19.9 Å². The van der Waals surface area contributed by atoms with Crippen molar-refractivity contribution in [3.05, 3.63) is 64.2 Å². The van der Waals surface area contributed by atoms with E-state index in [9.17, 15) is 34.8 Å². The summed E-state index contributed by atoms with van der Waals surface area (Å²) in [5, 5.41) is 44.6. The lowest BCUT2D eigenvalue weighted by Crippen LogP contribution is -2.62. The minimum absolute atomic E-state index is 0.0616. The van der Waals surface area contributed by atoms with Gasteiger partial charge in [0.1, 0.15) is 22.8 Å². The van der Waals surface area contributed by atoms with E-state index in [2.05, 4.69) is 4.98 Å². The van der Waals surface area contributed by atoms with E-state index in [1.54, 1.807) is 32.3 Å². The molecule has 0 unspecified atom stereocenters. The molecule has 2 aromatic rings. The average Bonchev–Trinajstić information content (AvgIpc) is 2.81. The Bertz CT molecular complexity index is 1450. The molecule has 1 aromatic carbocycles. The van der Waals surface area contributed by atoms with E-state index in [1.807, 2.05) is 13.0 Å². The highest BCUT2D eigenvalue weighted by atomic mass is 16.3. The number of hydrogen-bond acceptors (Lipinski definition) is 8. The fourth-order valence-corrected chi connectivity index (χ4v) is 6.46. The third kappa shape index (κ3) is 3.33. The Morgan fingerprint density at radius 1 is 1.16 bits per heavy atom. The second-order valence-electron chi connectivity index (χ2n) is 10.6. The zero-order chi connectivity index (χ0) is 27.0. The maximum atomic E-state index is 13.9. The molecule has 1 saturated carbocycles. The number of carbonyl (C=O) groups excluding carboxylic acids is 3.